The van der Waals surface area contributed by atoms with Crippen molar-refractivity contribution in [3.63, 3.8) is 0 Å². The minimum absolute atomic E-state index is 0.235. The molecule has 0 spiro atoms. The lowest BCUT2D eigenvalue weighted by atomic mass is 10.1. The Balaban J connectivity index is 2.54. The summed E-state index contributed by atoms with van der Waals surface area (Å²) in [5.41, 5.74) is 7.30. The van der Waals surface area contributed by atoms with Crippen molar-refractivity contribution in [2.45, 2.75) is 13.5 Å². The van der Waals surface area contributed by atoms with Crippen LogP contribution in [0.3, 0.4) is 0 Å². The van der Waals surface area contributed by atoms with Crippen LogP contribution < -0.4 is 5.73 Å². The molecule has 2 aromatic rings. The summed E-state index contributed by atoms with van der Waals surface area (Å²) >= 11 is 0. The van der Waals surface area contributed by atoms with Crippen LogP contribution in [0.25, 0.3) is 11.3 Å². The number of hydrogen-bond acceptors (Lipinski definition) is 3. The Bertz CT molecular complexity index is 479. The summed E-state index contributed by atoms with van der Waals surface area (Å²) in [6, 6.07) is 4.95. The third-order valence-electron chi connectivity index (χ3n) is 2.20. The van der Waals surface area contributed by atoms with Crippen molar-refractivity contribution in [3.8, 4) is 11.3 Å². The van der Waals surface area contributed by atoms with Crippen molar-refractivity contribution in [1.82, 2.24) is 4.98 Å². The quantitative estimate of drug-likeness (QED) is 0.819. The van der Waals surface area contributed by atoms with Crippen LogP contribution in [0.2, 0.25) is 0 Å². The average molecular weight is 206 g/mol. The number of nitrogens with zero attached hydrogens (tertiary/aromatic N) is 1. The highest BCUT2D eigenvalue weighted by Gasteiger charge is 2.13. The Hall–Kier alpha value is -1.68. The Morgan fingerprint density at radius 2 is 2.27 bits per heavy atom. The summed E-state index contributed by atoms with van der Waals surface area (Å²) in [4.78, 5) is 3.92. The van der Waals surface area contributed by atoms with Crippen LogP contribution in [0.1, 0.15) is 11.3 Å². The van der Waals surface area contributed by atoms with Crippen molar-refractivity contribution >= 4 is 0 Å². The molecule has 0 amide bonds. The molecule has 0 aliphatic carbocycles. The van der Waals surface area contributed by atoms with E-state index < -0.39 is 0 Å². The van der Waals surface area contributed by atoms with Gasteiger partial charge in [-0.25, -0.2) is 9.37 Å². The maximum Gasteiger partial charge on any atom is 0.181 e. The van der Waals surface area contributed by atoms with Crippen molar-refractivity contribution in [2.75, 3.05) is 0 Å². The van der Waals surface area contributed by atoms with Gasteiger partial charge in [0, 0.05) is 6.54 Å². The van der Waals surface area contributed by atoms with Gasteiger partial charge in [0.25, 0.3) is 0 Å². The van der Waals surface area contributed by atoms with E-state index in [0.717, 1.165) is 5.56 Å². The van der Waals surface area contributed by atoms with E-state index in [1.807, 2.05) is 13.0 Å². The summed E-state index contributed by atoms with van der Waals surface area (Å²) in [5.74, 6) is 0.0939. The van der Waals surface area contributed by atoms with Crippen LogP contribution in [-0.4, -0.2) is 4.98 Å². The first-order valence-corrected chi connectivity index (χ1v) is 4.61. The van der Waals surface area contributed by atoms with Crippen LogP contribution in [0.15, 0.2) is 29.0 Å². The molecule has 0 saturated heterocycles. The van der Waals surface area contributed by atoms with E-state index in [1.165, 1.54) is 12.5 Å². The molecular weight excluding hydrogens is 195 g/mol. The largest absolute Gasteiger partial charge is 0.443 e. The molecule has 2 rings (SSSR count). The van der Waals surface area contributed by atoms with E-state index in [-0.39, 0.29) is 12.4 Å². The molecule has 1 aromatic heterocycles. The summed E-state index contributed by atoms with van der Waals surface area (Å²) in [5, 5.41) is 0. The molecule has 1 heterocycles. The van der Waals surface area contributed by atoms with E-state index in [9.17, 15) is 4.39 Å². The minimum Gasteiger partial charge on any atom is -0.443 e. The number of benzene rings is 1. The molecule has 3 nitrogen and oxygen atoms in total. The smallest absolute Gasteiger partial charge is 0.181 e. The summed E-state index contributed by atoms with van der Waals surface area (Å²) in [7, 11) is 0. The summed E-state index contributed by atoms with van der Waals surface area (Å²) in [6.45, 7) is 2.07. The minimum atomic E-state index is -0.318. The van der Waals surface area contributed by atoms with Gasteiger partial charge < -0.3 is 10.2 Å². The first kappa shape index (κ1) is 9.86. The molecule has 0 fully saturated rings. The monoisotopic (exact) mass is 206 g/mol. The Kier molecular flexibility index (Phi) is 2.51. The lowest BCUT2D eigenvalue weighted by molar-refractivity contribution is 0.560. The van der Waals surface area contributed by atoms with E-state index >= 15 is 0 Å². The number of nitrogens with two attached hydrogens (primary N) is 1. The topological polar surface area (TPSA) is 52.0 Å². The fraction of sp³-hybridized carbons (Fsp3) is 0.182. The van der Waals surface area contributed by atoms with E-state index in [0.29, 0.717) is 17.0 Å². The zero-order valence-corrected chi connectivity index (χ0v) is 8.33. The Morgan fingerprint density at radius 3 is 2.93 bits per heavy atom. The van der Waals surface area contributed by atoms with Gasteiger partial charge in [0.1, 0.15) is 11.5 Å². The first-order valence-electron chi connectivity index (χ1n) is 4.61. The summed E-state index contributed by atoms with van der Waals surface area (Å²) < 4.78 is 18.7. The molecule has 4 heteroatoms. The average Bonchev–Trinajstić information content (AvgIpc) is 2.65. The second kappa shape index (κ2) is 3.82. The highest BCUT2D eigenvalue weighted by Crippen LogP contribution is 2.26. The van der Waals surface area contributed by atoms with Crippen LogP contribution in [-0.2, 0) is 6.54 Å². The van der Waals surface area contributed by atoms with Gasteiger partial charge in [-0.1, -0.05) is 6.07 Å². The summed E-state index contributed by atoms with van der Waals surface area (Å²) in [6.07, 6.45) is 1.27. The van der Waals surface area contributed by atoms with Gasteiger partial charge in [0.2, 0.25) is 0 Å². The maximum atomic E-state index is 13.6. The van der Waals surface area contributed by atoms with Gasteiger partial charge in [0.15, 0.2) is 12.2 Å². The number of hydrogen-bond donors (Lipinski definition) is 1. The zero-order chi connectivity index (χ0) is 10.8. The van der Waals surface area contributed by atoms with Crippen molar-refractivity contribution in [1.29, 1.82) is 0 Å². The second-order valence-corrected chi connectivity index (χ2v) is 3.32. The van der Waals surface area contributed by atoms with E-state index in [2.05, 4.69) is 4.98 Å². The Labute approximate surface area is 86.7 Å². The highest BCUT2D eigenvalue weighted by atomic mass is 19.1. The molecule has 0 saturated carbocycles. The standard InChI is InChI=1S/C11H11FN2O/c1-7-2-3-8(9(12)4-7)11-10(5-13)14-6-15-11/h2-4,6H,5,13H2,1H3. The third kappa shape index (κ3) is 1.76. The van der Waals surface area contributed by atoms with Crippen LogP contribution in [0, 0.1) is 12.7 Å². The molecule has 78 valence electrons. The van der Waals surface area contributed by atoms with Gasteiger partial charge >= 0.3 is 0 Å². The number of aromatic nitrogens is 1. The van der Waals surface area contributed by atoms with Gasteiger partial charge in [-0.05, 0) is 24.6 Å². The fourth-order valence-electron chi connectivity index (χ4n) is 1.44. The molecule has 2 N–H and O–H groups in total. The second-order valence-electron chi connectivity index (χ2n) is 3.32. The van der Waals surface area contributed by atoms with E-state index in [4.69, 9.17) is 10.2 Å². The molecule has 0 radical (unpaired) electrons. The molecule has 0 aliphatic rings. The van der Waals surface area contributed by atoms with Crippen molar-refractivity contribution in [3.05, 3.63) is 41.7 Å². The van der Waals surface area contributed by atoms with Crippen LogP contribution in [0.4, 0.5) is 4.39 Å². The molecule has 0 unspecified atom stereocenters. The fourth-order valence-corrected chi connectivity index (χ4v) is 1.44. The van der Waals surface area contributed by atoms with Gasteiger partial charge in [0.05, 0.1) is 5.56 Å². The molecular formula is C11H11FN2O. The number of aryl methyl sites for hydroxylation is 1. The normalized spacial score (nSPS) is 10.6. The molecule has 0 bridgehead atoms. The first-order chi connectivity index (χ1) is 7.22. The van der Waals surface area contributed by atoms with Crippen molar-refractivity contribution in [2.24, 2.45) is 5.73 Å². The van der Waals surface area contributed by atoms with Gasteiger partial charge in [-0.15, -0.1) is 0 Å². The van der Waals surface area contributed by atoms with E-state index in [1.54, 1.807) is 6.07 Å². The number of rotatable bonds is 2. The lowest BCUT2D eigenvalue weighted by Crippen LogP contribution is -1.99. The molecule has 1 aromatic carbocycles. The van der Waals surface area contributed by atoms with Crippen LogP contribution >= 0.6 is 0 Å². The van der Waals surface area contributed by atoms with Gasteiger partial charge in [-0.2, -0.15) is 0 Å². The highest BCUT2D eigenvalue weighted by molar-refractivity contribution is 5.60. The predicted molar refractivity (Wildman–Crippen MR) is 54.5 cm³/mol. The molecule has 0 aliphatic heterocycles. The maximum absolute atomic E-state index is 13.6. The Morgan fingerprint density at radius 1 is 1.47 bits per heavy atom. The lowest BCUT2D eigenvalue weighted by Gasteiger charge is -2.02. The number of oxazole rings is 1. The van der Waals surface area contributed by atoms with Crippen molar-refractivity contribution < 1.29 is 8.81 Å². The molecule has 0 atom stereocenters. The zero-order valence-electron chi connectivity index (χ0n) is 8.33. The number of halogens is 1. The third-order valence-corrected chi connectivity index (χ3v) is 2.20. The van der Waals surface area contributed by atoms with Gasteiger partial charge in [-0.3, -0.25) is 0 Å². The molecule has 15 heavy (non-hydrogen) atoms. The van der Waals surface area contributed by atoms with Crippen LogP contribution in [0.5, 0.6) is 0 Å². The SMILES string of the molecule is Cc1ccc(-c2ocnc2CN)c(F)c1. The predicted octanol–water partition coefficient (Wildman–Crippen LogP) is 2.25.